The van der Waals surface area contributed by atoms with E-state index < -0.39 is 0 Å². The van der Waals surface area contributed by atoms with E-state index in [1.807, 2.05) is 17.5 Å². The fraction of sp³-hybridized carbons (Fsp3) is 0.429. The van der Waals surface area contributed by atoms with Gasteiger partial charge in [-0.3, -0.25) is 4.79 Å². The number of rotatable bonds is 4. The summed E-state index contributed by atoms with van der Waals surface area (Å²) in [6, 6.07) is 3.85. The average Bonchev–Trinajstić information content (AvgIpc) is 3.17. The summed E-state index contributed by atoms with van der Waals surface area (Å²) >= 11 is 1.54. The molecule has 2 aromatic rings. The highest BCUT2D eigenvalue weighted by molar-refractivity contribution is 7.13. The van der Waals surface area contributed by atoms with Crippen molar-refractivity contribution in [2.45, 2.75) is 25.9 Å². The second kappa shape index (κ2) is 5.76. The zero-order valence-electron chi connectivity index (χ0n) is 11.2. The number of carbonyl (C=O) groups is 1. The van der Waals surface area contributed by atoms with Gasteiger partial charge in [0, 0.05) is 13.2 Å². The molecule has 1 amide bonds. The SMILES string of the molecule is Cc1oc(-c2cccs2)nc1C(=O)NCC1CCCO1. The van der Waals surface area contributed by atoms with Crippen molar-refractivity contribution in [3.05, 3.63) is 29.0 Å². The Labute approximate surface area is 121 Å². The molecule has 6 heteroatoms. The summed E-state index contributed by atoms with van der Waals surface area (Å²) in [5, 5.41) is 4.81. The van der Waals surface area contributed by atoms with Crippen molar-refractivity contribution in [1.29, 1.82) is 0 Å². The topological polar surface area (TPSA) is 64.4 Å². The summed E-state index contributed by atoms with van der Waals surface area (Å²) in [5.74, 6) is 0.836. The Balaban J connectivity index is 1.68. The quantitative estimate of drug-likeness (QED) is 0.941. The van der Waals surface area contributed by atoms with Crippen molar-refractivity contribution in [2.75, 3.05) is 13.2 Å². The fourth-order valence-electron chi connectivity index (χ4n) is 2.21. The Morgan fingerprint density at radius 2 is 2.50 bits per heavy atom. The number of aromatic nitrogens is 1. The summed E-state index contributed by atoms with van der Waals surface area (Å²) in [4.78, 5) is 17.3. The van der Waals surface area contributed by atoms with Crippen molar-refractivity contribution in [1.82, 2.24) is 10.3 Å². The molecule has 1 aliphatic heterocycles. The molecule has 0 bridgehead atoms. The molecule has 0 aliphatic carbocycles. The summed E-state index contributed by atoms with van der Waals surface area (Å²) in [6.45, 7) is 3.07. The number of nitrogens with one attached hydrogen (secondary N) is 1. The molecule has 0 radical (unpaired) electrons. The van der Waals surface area contributed by atoms with E-state index >= 15 is 0 Å². The number of aryl methyl sites for hydroxylation is 1. The zero-order valence-corrected chi connectivity index (χ0v) is 12.0. The van der Waals surface area contributed by atoms with Crippen LogP contribution in [0.4, 0.5) is 0 Å². The lowest BCUT2D eigenvalue weighted by Gasteiger charge is -2.09. The number of ether oxygens (including phenoxy) is 1. The van der Waals surface area contributed by atoms with Gasteiger partial charge >= 0.3 is 0 Å². The first-order valence-electron chi connectivity index (χ1n) is 6.65. The minimum absolute atomic E-state index is 0.128. The molecule has 1 atom stereocenters. The molecule has 3 rings (SSSR count). The molecule has 0 saturated carbocycles. The van der Waals surface area contributed by atoms with Crippen LogP contribution in [-0.4, -0.2) is 30.1 Å². The van der Waals surface area contributed by atoms with Gasteiger partial charge in [-0.2, -0.15) is 0 Å². The summed E-state index contributed by atoms with van der Waals surface area (Å²) in [5.41, 5.74) is 0.353. The zero-order chi connectivity index (χ0) is 13.9. The Morgan fingerprint density at radius 1 is 1.60 bits per heavy atom. The molecule has 1 unspecified atom stereocenters. The Kier molecular flexibility index (Phi) is 3.84. The Hall–Kier alpha value is -1.66. The molecular formula is C14H16N2O3S. The van der Waals surface area contributed by atoms with Crippen LogP contribution in [0.15, 0.2) is 21.9 Å². The van der Waals surface area contributed by atoms with Crippen LogP contribution in [0.25, 0.3) is 10.8 Å². The van der Waals surface area contributed by atoms with Gasteiger partial charge in [-0.25, -0.2) is 4.98 Å². The summed E-state index contributed by atoms with van der Waals surface area (Å²) in [7, 11) is 0. The third-order valence-electron chi connectivity index (χ3n) is 3.26. The van der Waals surface area contributed by atoms with Crippen LogP contribution in [0.1, 0.15) is 29.1 Å². The van der Waals surface area contributed by atoms with E-state index in [1.54, 1.807) is 6.92 Å². The minimum Gasteiger partial charge on any atom is -0.440 e. The van der Waals surface area contributed by atoms with Gasteiger partial charge in [0.25, 0.3) is 5.91 Å². The monoisotopic (exact) mass is 292 g/mol. The number of hydrogen-bond acceptors (Lipinski definition) is 5. The number of hydrogen-bond donors (Lipinski definition) is 1. The highest BCUT2D eigenvalue weighted by atomic mass is 32.1. The van der Waals surface area contributed by atoms with Crippen LogP contribution < -0.4 is 5.32 Å². The third-order valence-corrected chi connectivity index (χ3v) is 4.12. The lowest BCUT2D eigenvalue weighted by atomic mass is 10.2. The van der Waals surface area contributed by atoms with Crippen molar-refractivity contribution in [3.63, 3.8) is 0 Å². The number of oxazole rings is 1. The van der Waals surface area contributed by atoms with E-state index in [0.29, 0.717) is 23.9 Å². The second-order valence-corrected chi connectivity index (χ2v) is 5.69. The predicted octanol–water partition coefficient (Wildman–Crippen LogP) is 2.62. The molecule has 1 saturated heterocycles. The largest absolute Gasteiger partial charge is 0.440 e. The first kappa shape index (κ1) is 13.3. The van der Waals surface area contributed by atoms with Gasteiger partial charge < -0.3 is 14.5 Å². The van der Waals surface area contributed by atoms with Gasteiger partial charge in [0.1, 0.15) is 5.76 Å². The molecule has 0 spiro atoms. The standard InChI is InChI=1S/C14H16N2O3S/c1-9-12(13(17)15-8-10-4-2-6-18-10)16-14(19-9)11-5-3-7-20-11/h3,5,7,10H,2,4,6,8H2,1H3,(H,15,17). The lowest BCUT2D eigenvalue weighted by molar-refractivity contribution is 0.0853. The van der Waals surface area contributed by atoms with Crippen molar-refractivity contribution < 1.29 is 13.9 Å². The van der Waals surface area contributed by atoms with E-state index in [-0.39, 0.29) is 12.0 Å². The normalized spacial score (nSPS) is 18.4. The third kappa shape index (κ3) is 2.76. The molecule has 0 aromatic carbocycles. The summed E-state index contributed by atoms with van der Waals surface area (Å²) < 4.78 is 11.0. The van der Waals surface area contributed by atoms with Crippen LogP contribution >= 0.6 is 11.3 Å². The number of carbonyl (C=O) groups excluding carboxylic acids is 1. The van der Waals surface area contributed by atoms with Gasteiger partial charge in [-0.1, -0.05) is 6.07 Å². The number of amides is 1. The van der Waals surface area contributed by atoms with Crippen molar-refractivity contribution in [3.8, 4) is 10.8 Å². The maximum absolute atomic E-state index is 12.1. The van der Waals surface area contributed by atoms with Crippen LogP contribution in [0.5, 0.6) is 0 Å². The number of nitrogens with zero attached hydrogens (tertiary/aromatic N) is 1. The fourth-order valence-corrected chi connectivity index (χ4v) is 2.86. The molecule has 2 aromatic heterocycles. The van der Waals surface area contributed by atoms with E-state index in [2.05, 4.69) is 10.3 Å². The smallest absolute Gasteiger partial charge is 0.273 e. The molecule has 106 valence electrons. The van der Waals surface area contributed by atoms with Gasteiger partial charge in [0.15, 0.2) is 5.69 Å². The van der Waals surface area contributed by atoms with E-state index in [0.717, 1.165) is 24.3 Å². The lowest BCUT2D eigenvalue weighted by Crippen LogP contribution is -2.32. The molecule has 1 N–H and O–H groups in total. The maximum Gasteiger partial charge on any atom is 0.273 e. The minimum atomic E-state index is -0.204. The highest BCUT2D eigenvalue weighted by Gasteiger charge is 2.21. The van der Waals surface area contributed by atoms with Gasteiger partial charge in [-0.15, -0.1) is 11.3 Å². The molecular weight excluding hydrogens is 276 g/mol. The first-order chi connectivity index (χ1) is 9.74. The summed E-state index contributed by atoms with van der Waals surface area (Å²) in [6.07, 6.45) is 2.19. The van der Waals surface area contributed by atoms with Gasteiger partial charge in [-0.05, 0) is 31.2 Å². The van der Waals surface area contributed by atoms with Crippen LogP contribution in [-0.2, 0) is 4.74 Å². The molecule has 3 heterocycles. The molecule has 1 aliphatic rings. The Morgan fingerprint density at radius 3 is 3.20 bits per heavy atom. The van der Waals surface area contributed by atoms with Gasteiger partial charge in [0.2, 0.25) is 5.89 Å². The van der Waals surface area contributed by atoms with Crippen molar-refractivity contribution in [2.24, 2.45) is 0 Å². The first-order valence-corrected chi connectivity index (χ1v) is 7.53. The van der Waals surface area contributed by atoms with Crippen molar-refractivity contribution >= 4 is 17.2 Å². The molecule has 1 fully saturated rings. The van der Waals surface area contributed by atoms with Crippen LogP contribution in [0.2, 0.25) is 0 Å². The Bertz CT molecular complexity index is 586. The average molecular weight is 292 g/mol. The van der Waals surface area contributed by atoms with Crippen LogP contribution in [0.3, 0.4) is 0 Å². The molecule has 5 nitrogen and oxygen atoms in total. The predicted molar refractivity (Wildman–Crippen MR) is 75.9 cm³/mol. The number of thiophene rings is 1. The van der Waals surface area contributed by atoms with Crippen LogP contribution in [0, 0.1) is 6.92 Å². The molecule has 20 heavy (non-hydrogen) atoms. The van der Waals surface area contributed by atoms with E-state index in [9.17, 15) is 4.79 Å². The van der Waals surface area contributed by atoms with Gasteiger partial charge in [0.05, 0.1) is 11.0 Å². The second-order valence-electron chi connectivity index (χ2n) is 4.75. The van der Waals surface area contributed by atoms with E-state index in [1.165, 1.54) is 11.3 Å². The maximum atomic E-state index is 12.1. The van der Waals surface area contributed by atoms with E-state index in [4.69, 9.17) is 9.15 Å². The highest BCUT2D eigenvalue weighted by Crippen LogP contribution is 2.25.